The van der Waals surface area contributed by atoms with Gasteiger partial charge in [-0.1, -0.05) is 0 Å². The van der Waals surface area contributed by atoms with Gasteiger partial charge in [-0.25, -0.2) is 4.79 Å². The number of rotatable bonds is 4. The zero-order valence-electron chi connectivity index (χ0n) is 16.9. The van der Waals surface area contributed by atoms with E-state index in [2.05, 4.69) is 15.2 Å². The third kappa shape index (κ3) is 3.97. The summed E-state index contributed by atoms with van der Waals surface area (Å²) in [4.78, 5) is 46.3. The molecule has 0 radical (unpaired) electrons. The number of pyridine rings is 1. The minimum absolute atomic E-state index is 0.224. The van der Waals surface area contributed by atoms with Crippen LogP contribution in [0.5, 0.6) is 0 Å². The van der Waals surface area contributed by atoms with Gasteiger partial charge in [0.15, 0.2) is 0 Å². The normalized spacial score (nSPS) is 27.0. The zero-order chi connectivity index (χ0) is 20.6. The van der Waals surface area contributed by atoms with Crippen molar-refractivity contribution < 1.29 is 19.1 Å². The van der Waals surface area contributed by atoms with Gasteiger partial charge in [0.1, 0.15) is 17.7 Å². The fourth-order valence-electron chi connectivity index (χ4n) is 4.31. The number of imide groups is 1. The maximum atomic E-state index is 12.8. The Bertz CT molecular complexity index is 814. The number of urea groups is 1. The monoisotopic (exact) mass is 401 g/mol. The molecule has 3 aliphatic heterocycles. The van der Waals surface area contributed by atoms with Crippen molar-refractivity contribution in [2.75, 3.05) is 39.3 Å². The largest absolute Gasteiger partial charge is 0.370 e. The predicted octanol–water partition coefficient (Wildman–Crippen LogP) is 0.215. The molecule has 0 aromatic carbocycles. The first-order chi connectivity index (χ1) is 13.8. The standard InChI is InChI=1S/C20H27N5O4/c1-19(2)17(27)25(18(28)22-19)12-16(26)24-8-5-20(14-24)13-23(9-10-29-20)11-15-3-6-21-7-4-15/h3-4,6-7H,5,8-14H2,1-2H3,(H,22,28). The van der Waals surface area contributed by atoms with Crippen LogP contribution in [-0.4, -0.2) is 88.0 Å². The van der Waals surface area contributed by atoms with Gasteiger partial charge in [0.05, 0.1) is 13.2 Å². The van der Waals surface area contributed by atoms with Crippen LogP contribution in [0.15, 0.2) is 24.5 Å². The molecule has 1 atom stereocenters. The Morgan fingerprint density at radius 3 is 2.66 bits per heavy atom. The van der Waals surface area contributed by atoms with E-state index in [0.29, 0.717) is 19.7 Å². The summed E-state index contributed by atoms with van der Waals surface area (Å²) in [7, 11) is 0. The van der Waals surface area contributed by atoms with Gasteiger partial charge < -0.3 is 15.0 Å². The van der Waals surface area contributed by atoms with Gasteiger partial charge in [0.25, 0.3) is 5.91 Å². The van der Waals surface area contributed by atoms with E-state index in [9.17, 15) is 14.4 Å². The van der Waals surface area contributed by atoms with Crippen LogP contribution in [0.1, 0.15) is 25.8 Å². The molecular formula is C20H27N5O4. The van der Waals surface area contributed by atoms with Crippen molar-refractivity contribution in [3.8, 4) is 0 Å². The Morgan fingerprint density at radius 2 is 1.97 bits per heavy atom. The van der Waals surface area contributed by atoms with Crippen molar-refractivity contribution in [2.24, 2.45) is 0 Å². The summed E-state index contributed by atoms with van der Waals surface area (Å²) in [6.45, 7) is 7.11. The highest BCUT2D eigenvalue weighted by Crippen LogP contribution is 2.30. The van der Waals surface area contributed by atoms with Gasteiger partial charge in [-0.2, -0.15) is 0 Å². The van der Waals surface area contributed by atoms with E-state index < -0.39 is 17.2 Å². The first kappa shape index (κ1) is 19.8. The van der Waals surface area contributed by atoms with Gasteiger partial charge in [0.2, 0.25) is 5.91 Å². The van der Waals surface area contributed by atoms with E-state index in [-0.39, 0.29) is 18.4 Å². The van der Waals surface area contributed by atoms with Crippen molar-refractivity contribution >= 4 is 17.8 Å². The molecule has 1 unspecified atom stereocenters. The highest BCUT2D eigenvalue weighted by Gasteiger charge is 2.48. The first-order valence-electron chi connectivity index (χ1n) is 9.95. The van der Waals surface area contributed by atoms with Crippen LogP contribution in [0.2, 0.25) is 0 Å². The number of nitrogens with zero attached hydrogens (tertiary/aromatic N) is 4. The maximum Gasteiger partial charge on any atom is 0.325 e. The zero-order valence-corrected chi connectivity index (χ0v) is 16.9. The quantitative estimate of drug-likeness (QED) is 0.725. The molecule has 3 saturated heterocycles. The number of hydrogen-bond acceptors (Lipinski definition) is 6. The lowest BCUT2D eigenvalue weighted by Gasteiger charge is -2.40. The third-order valence-electron chi connectivity index (χ3n) is 5.89. The van der Waals surface area contributed by atoms with Crippen LogP contribution in [0, 0.1) is 0 Å². The minimum Gasteiger partial charge on any atom is -0.370 e. The lowest BCUT2D eigenvalue weighted by molar-refractivity contribution is -0.140. The molecule has 9 nitrogen and oxygen atoms in total. The Morgan fingerprint density at radius 1 is 1.21 bits per heavy atom. The molecule has 1 spiro atoms. The van der Waals surface area contributed by atoms with Crippen LogP contribution in [-0.2, 0) is 20.9 Å². The Labute approximate surface area is 170 Å². The molecule has 4 heterocycles. The number of nitrogens with one attached hydrogen (secondary N) is 1. The minimum atomic E-state index is -0.969. The molecule has 1 N–H and O–H groups in total. The van der Waals surface area contributed by atoms with Crippen LogP contribution in [0.4, 0.5) is 4.79 Å². The predicted molar refractivity (Wildman–Crippen MR) is 104 cm³/mol. The Hall–Kier alpha value is -2.52. The number of morpholine rings is 1. The van der Waals surface area contributed by atoms with Crippen LogP contribution >= 0.6 is 0 Å². The summed E-state index contributed by atoms with van der Waals surface area (Å²) in [6.07, 6.45) is 4.33. The number of amides is 4. The number of carbonyl (C=O) groups excluding carboxylic acids is 3. The van der Waals surface area contributed by atoms with Gasteiger partial charge >= 0.3 is 6.03 Å². The fraction of sp³-hybridized carbons (Fsp3) is 0.600. The smallest absolute Gasteiger partial charge is 0.325 e. The summed E-state index contributed by atoms with van der Waals surface area (Å²) < 4.78 is 6.11. The lowest BCUT2D eigenvalue weighted by Crippen LogP contribution is -2.53. The summed E-state index contributed by atoms with van der Waals surface area (Å²) in [5.74, 6) is -0.597. The van der Waals surface area contributed by atoms with E-state index in [1.54, 1.807) is 31.1 Å². The lowest BCUT2D eigenvalue weighted by atomic mass is 10.00. The van der Waals surface area contributed by atoms with Gasteiger partial charge in [-0.15, -0.1) is 0 Å². The molecule has 0 saturated carbocycles. The molecule has 1 aromatic rings. The Balaban J connectivity index is 1.36. The van der Waals surface area contributed by atoms with E-state index in [1.807, 2.05) is 12.1 Å². The topological polar surface area (TPSA) is 95.1 Å². The van der Waals surface area contributed by atoms with E-state index in [1.165, 1.54) is 5.56 Å². The van der Waals surface area contributed by atoms with Gasteiger partial charge in [-0.3, -0.25) is 24.4 Å². The van der Waals surface area contributed by atoms with Crippen LogP contribution in [0.3, 0.4) is 0 Å². The third-order valence-corrected chi connectivity index (χ3v) is 5.89. The molecule has 4 amide bonds. The molecule has 0 bridgehead atoms. The summed E-state index contributed by atoms with van der Waals surface area (Å²) in [5, 5.41) is 2.61. The molecule has 156 valence electrons. The molecule has 4 rings (SSSR count). The molecular weight excluding hydrogens is 374 g/mol. The summed E-state index contributed by atoms with van der Waals surface area (Å²) in [6, 6.07) is 3.50. The SMILES string of the molecule is CC1(C)NC(=O)N(CC(=O)N2CCC3(CN(Cc4ccncc4)CCO3)C2)C1=O. The van der Waals surface area contributed by atoms with Crippen LogP contribution < -0.4 is 5.32 Å². The number of ether oxygens (including phenoxy) is 1. The van der Waals surface area contributed by atoms with E-state index >= 15 is 0 Å². The summed E-state index contributed by atoms with van der Waals surface area (Å²) in [5.41, 5.74) is -0.162. The maximum absolute atomic E-state index is 12.8. The second-order valence-electron chi connectivity index (χ2n) is 8.61. The first-order valence-corrected chi connectivity index (χ1v) is 9.95. The van der Waals surface area contributed by atoms with Crippen molar-refractivity contribution in [1.29, 1.82) is 0 Å². The molecule has 9 heteroatoms. The average molecular weight is 401 g/mol. The second kappa shape index (κ2) is 7.38. The van der Waals surface area contributed by atoms with Crippen molar-refractivity contribution in [1.82, 2.24) is 25.0 Å². The fourth-order valence-corrected chi connectivity index (χ4v) is 4.31. The molecule has 3 aliphatic rings. The van der Waals surface area contributed by atoms with E-state index in [0.717, 1.165) is 31.0 Å². The number of hydrogen-bond donors (Lipinski definition) is 1. The highest BCUT2D eigenvalue weighted by molar-refractivity contribution is 6.08. The summed E-state index contributed by atoms with van der Waals surface area (Å²) >= 11 is 0. The van der Waals surface area contributed by atoms with Gasteiger partial charge in [0, 0.05) is 38.6 Å². The molecule has 29 heavy (non-hydrogen) atoms. The number of likely N-dealkylation sites (tertiary alicyclic amines) is 1. The molecule has 0 aliphatic carbocycles. The second-order valence-corrected chi connectivity index (χ2v) is 8.61. The number of carbonyl (C=O) groups is 3. The van der Waals surface area contributed by atoms with Crippen molar-refractivity contribution in [3.05, 3.63) is 30.1 Å². The Kier molecular flexibility index (Phi) is 5.04. The van der Waals surface area contributed by atoms with E-state index in [4.69, 9.17) is 4.74 Å². The van der Waals surface area contributed by atoms with Crippen molar-refractivity contribution in [3.63, 3.8) is 0 Å². The van der Waals surface area contributed by atoms with Crippen molar-refractivity contribution in [2.45, 2.75) is 38.0 Å². The molecule has 3 fully saturated rings. The van der Waals surface area contributed by atoms with Gasteiger partial charge in [-0.05, 0) is 38.0 Å². The number of aromatic nitrogens is 1. The average Bonchev–Trinajstić information content (AvgIpc) is 3.16. The highest BCUT2D eigenvalue weighted by atomic mass is 16.5. The molecule has 1 aromatic heterocycles. The van der Waals surface area contributed by atoms with Crippen LogP contribution in [0.25, 0.3) is 0 Å².